The first-order valence-electron chi connectivity index (χ1n) is 12.6. The zero-order valence-corrected chi connectivity index (χ0v) is 21.8. The van der Waals surface area contributed by atoms with Gasteiger partial charge in [-0.05, 0) is 80.1 Å². The van der Waals surface area contributed by atoms with Crippen LogP contribution < -0.4 is 0 Å². The van der Waals surface area contributed by atoms with Crippen molar-refractivity contribution in [2.24, 2.45) is 0 Å². The SMILES string of the molecule is CC(C)=CCC/C(C)=C/CC/C(C)=C/CC/C(C)=C/CC12OC1(C)C(=O)c1ccccc1C2=O. The fourth-order valence-corrected chi connectivity index (χ4v) is 4.80. The predicted octanol–water partition coefficient (Wildman–Crippen LogP) is 8.13. The van der Waals surface area contributed by atoms with Crippen LogP contribution >= 0.6 is 0 Å². The molecule has 1 aromatic rings. The highest BCUT2D eigenvalue weighted by Crippen LogP contribution is 2.57. The number of allylic oxidation sites excluding steroid dienone is 7. The first-order chi connectivity index (χ1) is 16.1. The Hall–Kier alpha value is -2.52. The van der Waals surface area contributed by atoms with Gasteiger partial charge in [0.1, 0.15) is 0 Å². The summed E-state index contributed by atoms with van der Waals surface area (Å²) >= 11 is 0. The maximum atomic E-state index is 13.2. The number of hydrogen-bond acceptors (Lipinski definition) is 3. The maximum Gasteiger partial charge on any atom is 0.199 e. The molecule has 34 heavy (non-hydrogen) atoms. The highest BCUT2D eigenvalue weighted by molar-refractivity contribution is 6.25. The fourth-order valence-electron chi connectivity index (χ4n) is 4.80. The molecule has 1 aliphatic heterocycles. The molecule has 1 aromatic carbocycles. The zero-order valence-electron chi connectivity index (χ0n) is 21.8. The van der Waals surface area contributed by atoms with Crippen molar-refractivity contribution in [2.45, 2.75) is 97.7 Å². The second-order valence-electron chi connectivity index (χ2n) is 10.4. The lowest BCUT2D eigenvalue weighted by Gasteiger charge is -2.22. The second kappa shape index (κ2) is 10.8. The van der Waals surface area contributed by atoms with Crippen molar-refractivity contribution in [1.82, 2.24) is 0 Å². The van der Waals surface area contributed by atoms with E-state index < -0.39 is 11.2 Å². The van der Waals surface area contributed by atoms with E-state index in [0.717, 1.165) is 38.5 Å². The Labute approximate surface area is 205 Å². The van der Waals surface area contributed by atoms with Gasteiger partial charge in [-0.3, -0.25) is 9.59 Å². The molecular weight excluding hydrogens is 420 g/mol. The average Bonchev–Trinajstić information content (AvgIpc) is 3.43. The van der Waals surface area contributed by atoms with Gasteiger partial charge in [0.05, 0.1) is 0 Å². The second-order valence-corrected chi connectivity index (χ2v) is 10.4. The summed E-state index contributed by atoms with van der Waals surface area (Å²) < 4.78 is 5.89. The van der Waals surface area contributed by atoms with E-state index >= 15 is 0 Å². The number of fused-ring (bicyclic) bond motifs is 2. The van der Waals surface area contributed by atoms with Crippen LogP contribution in [0.2, 0.25) is 0 Å². The number of carbonyl (C=O) groups excluding carboxylic acids is 2. The first kappa shape index (κ1) is 26.1. The quantitative estimate of drug-likeness (QED) is 0.247. The number of ketones is 2. The van der Waals surface area contributed by atoms with Crippen LogP contribution in [0.25, 0.3) is 0 Å². The van der Waals surface area contributed by atoms with Crippen LogP contribution in [0.4, 0.5) is 0 Å². The minimum absolute atomic E-state index is 0.0609. The van der Waals surface area contributed by atoms with Gasteiger partial charge in [0.15, 0.2) is 22.8 Å². The van der Waals surface area contributed by atoms with Crippen molar-refractivity contribution in [2.75, 3.05) is 0 Å². The van der Waals surface area contributed by atoms with Gasteiger partial charge in [-0.1, -0.05) is 70.9 Å². The van der Waals surface area contributed by atoms with E-state index in [1.54, 1.807) is 31.2 Å². The third kappa shape index (κ3) is 5.58. The highest BCUT2D eigenvalue weighted by atomic mass is 16.6. The number of carbonyl (C=O) groups is 2. The molecule has 182 valence electrons. The molecule has 0 spiro atoms. The number of ether oxygens (including phenoxy) is 1. The summed E-state index contributed by atoms with van der Waals surface area (Å²) in [6.45, 7) is 12.6. The summed E-state index contributed by atoms with van der Waals surface area (Å²) in [5, 5.41) is 0. The molecule has 3 nitrogen and oxygen atoms in total. The van der Waals surface area contributed by atoms with Gasteiger partial charge >= 0.3 is 0 Å². The summed E-state index contributed by atoms with van der Waals surface area (Å²) in [6, 6.07) is 7.07. The van der Waals surface area contributed by atoms with Crippen molar-refractivity contribution in [3.63, 3.8) is 0 Å². The van der Waals surface area contributed by atoms with Crippen LogP contribution in [-0.2, 0) is 4.74 Å². The van der Waals surface area contributed by atoms with Gasteiger partial charge in [0, 0.05) is 17.5 Å². The van der Waals surface area contributed by atoms with E-state index in [2.05, 4.69) is 58.9 Å². The van der Waals surface area contributed by atoms with Crippen LogP contribution in [0.5, 0.6) is 0 Å². The number of epoxide rings is 1. The molecular formula is C31H40O3. The zero-order chi connectivity index (χ0) is 24.9. The lowest BCUT2D eigenvalue weighted by Crippen LogP contribution is -2.43. The van der Waals surface area contributed by atoms with Crippen molar-refractivity contribution >= 4 is 11.6 Å². The molecule has 0 aromatic heterocycles. The molecule has 0 radical (unpaired) electrons. The van der Waals surface area contributed by atoms with Gasteiger partial charge in [0.2, 0.25) is 0 Å². The largest absolute Gasteiger partial charge is 0.345 e. The van der Waals surface area contributed by atoms with Gasteiger partial charge in [-0.25, -0.2) is 0 Å². The maximum absolute atomic E-state index is 13.2. The third-order valence-electron chi connectivity index (χ3n) is 7.22. The molecule has 1 heterocycles. The van der Waals surface area contributed by atoms with Crippen LogP contribution in [0.1, 0.15) is 107 Å². The summed E-state index contributed by atoms with van der Waals surface area (Å²) in [5.74, 6) is -0.136. The van der Waals surface area contributed by atoms with Gasteiger partial charge in [-0.15, -0.1) is 0 Å². The van der Waals surface area contributed by atoms with Crippen LogP contribution in [-0.4, -0.2) is 22.8 Å². The normalized spacial score (nSPS) is 24.6. The van der Waals surface area contributed by atoms with Crippen molar-refractivity contribution in [1.29, 1.82) is 0 Å². The molecule has 0 saturated carbocycles. The Bertz CT molecular complexity index is 1060. The first-order valence-corrected chi connectivity index (χ1v) is 12.6. The minimum Gasteiger partial charge on any atom is -0.345 e. The average molecular weight is 461 g/mol. The predicted molar refractivity (Wildman–Crippen MR) is 140 cm³/mol. The minimum atomic E-state index is -1.03. The Kier molecular flexibility index (Phi) is 8.30. The molecule has 1 fully saturated rings. The Balaban J connectivity index is 1.48. The van der Waals surface area contributed by atoms with Gasteiger partial charge in [0.25, 0.3) is 0 Å². The molecule has 1 saturated heterocycles. The Morgan fingerprint density at radius 2 is 1.21 bits per heavy atom. The molecule has 3 rings (SSSR count). The lowest BCUT2D eigenvalue weighted by molar-refractivity contribution is 0.0847. The molecule has 3 heteroatoms. The summed E-state index contributed by atoms with van der Waals surface area (Å²) in [7, 11) is 0. The fraction of sp³-hybridized carbons (Fsp3) is 0.484. The van der Waals surface area contributed by atoms with E-state index in [0.29, 0.717) is 17.5 Å². The van der Waals surface area contributed by atoms with Crippen molar-refractivity contribution in [3.8, 4) is 0 Å². The number of Topliss-reactive ketones (excluding diaryl/α,β-unsaturated/α-hetero) is 2. The van der Waals surface area contributed by atoms with E-state index in [4.69, 9.17) is 4.74 Å². The summed E-state index contributed by atoms with van der Waals surface area (Å²) in [5.41, 5.74) is 4.43. The van der Waals surface area contributed by atoms with Crippen molar-refractivity contribution < 1.29 is 14.3 Å². The molecule has 0 N–H and O–H groups in total. The van der Waals surface area contributed by atoms with Gasteiger partial charge in [-0.2, -0.15) is 0 Å². The molecule has 2 atom stereocenters. The summed E-state index contributed by atoms with van der Waals surface area (Å²) in [4.78, 5) is 26.1. The molecule has 2 unspecified atom stereocenters. The van der Waals surface area contributed by atoms with Crippen LogP contribution in [0, 0.1) is 0 Å². The van der Waals surface area contributed by atoms with E-state index in [-0.39, 0.29) is 11.6 Å². The van der Waals surface area contributed by atoms with E-state index in [1.165, 1.54) is 22.3 Å². The molecule has 0 amide bonds. The van der Waals surface area contributed by atoms with Crippen LogP contribution in [0.3, 0.4) is 0 Å². The van der Waals surface area contributed by atoms with Crippen molar-refractivity contribution in [3.05, 3.63) is 82.0 Å². The van der Waals surface area contributed by atoms with E-state index in [1.807, 2.05) is 0 Å². The Morgan fingerprint density at radius 1 is 0.735 bits per heavy atom. The third-order valence-corrected chi connectivity index (χ3v) is 7.22. The van der Waals surface area contributed by atoms with Crippen LogP contribution in [0.15, 0.2) is 70.9 Å². The highest BCUT2D eigenvalue weighted by Gasteiger charge is 2.77. The lowest BCUT2D eigenvalue weighted by atomic mass is 9.73. The van der Waals surface area contributed by atoms with Gasteiger partial charge < -0.3 is 4.74 Å². The standard InChI is InChI=1S/C31H40O3/c1-22(2)12-9-13-23(3)14-10-15-24(4)16-11-17-25(5)20-21-31-29(33)27-19-8-7-18-26(27)28(32)30(31,6)34-31/h7-8,12,14,16,18-20H,9-11,13,15,17,21H2,1-6H3/b23-14+,24-16+,25-20+. The molecule has 1 aliphatic carbocycles. The molecule has 0 bridgehead atoms. The molecule has 2 aliphatic rings. The van der Waals surface area contributed by atoms with E-state index in [9.17, 15) is 9.59 Å². The number of hydrogen-bond donors (Lipinski definition) is 0. The topological polar surface area (TPSA) is 46.7 Å². The number of benzene rings is 1. The number of rotatable bonds is 11. The Morgan fingerprint density at radius 3 is 1.74 bits per heavy atom. The summed E-state index contributed by atoms with van der Waals surface area (Å²) in [6.07, 6.45) is 15.9. The smallest absolute Gasteiger partial charge is 0.199 e. The monoisotopic (exact) mass is 460 g/mol.